The van der Waals surface area contributed by atoms with Crippen molar-refractivity contribution < 1.29 is 13.2 Å². The second-order valence-corrected chi connectivity index (χ2v) is 6.79. The zero-order chi connectivity index (χ0) is 11.6. The van der Waals surface area contributed by atoms with Gasteiger partial charge in [0.05, 0.1) is 11.9 Å². The van der Waals surface area contributed by atoms with E-state index in [1.807, 2.05) is 0 Å². The number of hydrogen-bond acceptors (Lipinski definition) is 4. The second kappa shape index (κ2) is 4.60. The van der Waals surface area contributed by atoms with E-state index in [1.54, 1.807) is 0 Å². The molecule has 0 amide bonds. The quantitative estimate of drug-likeness (QED) is 0.683. The van der Waals surface area contributed by atoms with Crippen molar-refractivity contribution >= 4 is 10.0 Å². The molecule has 0 aromatic heterocycles. The Morgan fingerprint density at radius 3 is 2.69 bits per heavy atom. The Balaban J connectivity index is 1.78. The van der Waals surface area contributed by atoms with E-state index in [0.29, 0.717) is 19.7 Å². The van der Waals surface area contributed by atoms with Crippen LogP contribution in [0.5, 0.6) is 0 Å². The van der Waals surface area contributed by atoms with Gasteiger partial charge in [-0.1, -0.05) is 0 Å². The number of hydrogen-bond donors (Lipinski definition) is 2. The minimum atomic E-state index is -3.20. The van der Waals surface area contributed by atoms with Crippen LogP contribution in [0.2, 0.25) is 0 Å². The zero-order valence-corrected chi connectivity index (χ0v) is 10.3. The van der Waals surface area contributed by atoms with Gasteiger partial charge in [0.15, 0.2) is 0 Å². The summed E-state index contributed by atoms with van der Waals surface area (Å²) in [5, 5.41) is 0. The normalized spacial score (nSPS) is 28.2. The molecular formula is C10H20N2O3S. The van der Waals surface area contributed by atoms with Gasteiger partial charge in [0.1, 0.15) is 0 Å². The minimum absolute atomic E-state index is 0.0452. The molecule has 1 aliphatic heterocycles. The highest BCUT2D eigenvalue weighted by molar-refractivity contribution is 7.89. The van der Waals surface area contributed by atoms with Crippen molar-refractivity contribution in [1.82, 2.24) is 4.72 Å². The lowest BCUT2D eigenvalue weighted by Crippen LogP contribution is -2.37. The molecule has 1 unspecified atom stereocenters. The Labute approximate surface area is 96.8 Å². The summed E-state index contributed by atoms with van der Waals surface area (Å²) >= 11 is 0. The maximum atomic E-state index is 11.7. The highest BCUT2D eigenvalue weighted by Crippen LogP contribution is 2.43. The van der Waals surface area contributed by atoms with Gasteiger partial charge in [-0.25, -0.2) is 13.1 Å². The molecule has 0 spiro atoms. The van der Waals surface area contributed by atoms with Crippen molar-refractivity contribution in [3.63, 3.8) is 0 Å². The van der Waals surface area contributed by atoms with E-state index >= 15 is 0 Å². The number of sulfonamides is 1. The molecule has 0 aromatic carbocycles. The molecule has 1 aliphatic carbocycles. The highest BCUT2D eigenvalue weighted by atomic mass is 32.2. The third kappa shape index (κ3) is 3.16. The lowest BCUT2D eigenvalue weighted by atomic mass is 10.1. The van der Waals surface area contributed by atoms with Gasteiger partial charge in [-0.15, -0.1) is 0 Å². The van der Waals surface area contributed by atoms with Crippen molar-refractivity contribution in [2.75, 3.05) is 25.4 Å². The van der Waals surface area contributed by atoms with Crippen LogP contribution in [-0.4, -0.2) is 40.0 Å². The number of ether oxygens (including phenoxy) is 1. The average molecular weight is 248 g/mol. The van der Waals surface area contributed by atoms with Gasteiger partial charge in [-0.05, 0) is 37.6 Å². The summed E-state index contributed by atoms with van der Waals surface area (Å²) in [6.07, 6.45) is 3.76. The Morgan fingerprint density at radius 2 is 2.19 bits per heavy atom. The first-order valence-electron chi connectivity index (χ1n) is 5.84. The molecule has 2 fully saturated rings. The summed E-state index contributed by atoms with van der Waals surface area (Å²) in [6, 6.07) is 0. The summed E-state index contributed by atoms with van der Waals surface area (Å²) in [5.74, 6) is 0.0909. The van der Waals surface area contributed by atoms with Gasteiger partial charge < -0.3 is 10.5 Å². The fourth-order valence-corrected chi connectivity index (χ4v) is 3.37. The molecule has 16 heavy (non-hydrogen) atoms. The van der Waals surface area contributed by atoms with E-state index in [-0.39, 0.29) is 17.3 Å². The van der Waals surface area contributed by atoms with E-state index in [0.717, 1.165) is 25.7 Å². The van der Waals surface area contributed by atoms with Crippen LogP contribution in [0.1, 0.15) is 25.7 Å². The third-order valence-corrected chi connectivity index (χ3v) is 4.88. The molecule has 3 N–H and O–H groups in total. The maximum absolute atomic E-state index is 11.7. The van der Waals surface area contributed by atoms with Crippen LogP contribution in [0.25, 0.3) is 0 Å². The molecular weight excluding hydrogens is 228 g/mol. The molecule has 94 valence electrons. The predicted octanol–water partition coefficient (Wildman–Crippen LogP) is -0.176. The molecule has 1 atom stereocenters. The van der Waals surface area contributed by atoms with Crippen molar-refractivity contribution in [2.24, 2.45) is 11.1 Å². The van der Waals surface area contributed by atoms with Crippen LogP contribution in [-0.2, 0) is 14.8 Å². The molecule has 2 rings (SSSR count). The molecule has 6 heteroatoms. The number of nitrogens with one attached hydrogen (secondary N) is 1. The van der Waals surface area contributed by atoms with Gasteiger partial charge >= 0.3 is 0 Å². The Kier molecular flexibility index (Phi) is 3.53. The highest BCUT2D eigenvalue weighted by Gasteiger charge is 2.41. The second-order valence-electron chi connectivity index (χ2n) is 4.94. The largest absolute Gasteiger partial charge is 0.377 e. The summed E-state index contributed by atoms with van der Waals surface area (Å²) < 4.78 is 31.5. The van der Waals surface area contributed by atoms with Crippen LogP contribution in [0.4, 0.5) is 0 Å². The molecule has 5 nitrogen and oxygen atoms in total. The number of nitrogens with two attached hydrogens (primary N) is 1. The molecule has 1 saturated heterocycles. The smallest absolute Gasteiger partial charge is 0.214 e. The SMILES string of the molecule is NCC1(CNS(=O)(=O)CC2CCCO2)CC1. The van der Waals surface area contributed by atoms with E-state index in [1.165, 1.54) is 0 Å². The van der Waals surface area contributed by atoms with Crippen LogP contribution >= 0.6 is 0 Å². The topological polar surface area (TPSA) is 81.4 Å². The first-order chi connectivity index (χ1) is 7.55. The fraction of sp³-hybridized carbons (Fsp3) is 1.00. The standard InChI is InChI=1S/C10H20N2O3S/c11-7-10(3-4-10)8-12-16(13,14)6-9-2-1-5-15-9/h9,12H,1-8,11H2. The monoisotopic (exact) mass is 248 g/mol. The van der Waals surface area contributed by atoms with Gasteiger partial charge in [-0.3, -0.25) is 0 Å². The maximum Gasteiger partial charge on any atom is 0.214 e. The Morgan fingerprint density at radius 1 is 1.44 bits per heavy atom. The van der Waals surface area contributed by atoms with E-state index in [2.05, 4.69) is 4.72 Å². The molecule has 1 heterocycles. The van der Waals surface area contributed by atoms with E-state index < -0.39 is 10.0 Å². The van der Waals surface area contributed by atoms with Crippen molar-refractivity contribution in [2.45, 2.75) is 31.8 Å². The Bertz CT molecular complexity index is 332. The van der Waals surface area contributed by atoms with Crippen LogP contribution in [0.3, 0.4) is 0 Å². The van der Waals surface area contributed by atoms with Crippen molar-refractivity contribution in [3.8, 4) is 0 Å². The molecule has 0 radical (unpaired) electrons. The Hall–Kier alpha value is -0.170. The number of rotatable bonds is 6. The predicted molar refractivity (Wildman–Crippen MR) is 61.5 cm³/mol. The van der Waals surface area contributed by atoms with Gasteiger partial charge in [0, 0.05) is 13.2 Å². The lowest BCUT2D eigenvalue weighted by molar-refractivity contribution is 0.127. The van der Waals surface area contributed by atoms with Gasteiger partial charge in [0.25, 0.3) is 0 Å². The average Bonchev–Trinajstić information content (AvgIpc) is 2.87. The van der Waals surface area contributed by atoms with Gasteiger partial charge in [0.2, 0.25) is 10.0 Å². The zero-order valence-electron chi connectivity index (χ0n) is 9.44. The van der Waals surface area contributed by atoms with Crippen LogP contribution in [0.15, 0.2) is 0 Å². The first-order valence-corrected chi connectivity index (χ1v) is 7.50. The van der Waals surface area contributed by atoms with Gasteiger partial charge in [-0.2, -0.15) is 0 Å². The molecule has 1 saturated carbocycles. The van der Waals surface area contributed by atoms with Crippen LogP contribution < -0.4 is 10.5 Å². The minimum Gasteiger partial charge on any atom is -0.377 e. The fourth-order valence-electron chi connectivity index (χ4n) is 1.97. The van der Waals surface area contributed by atoms with E-state index in [4.69, 9.17) is 10.5 Å². The van der Waals surface area contributed by atoms with Crippen LogP contribution in [0, 0.1) is 5.41 Å². The molecule has 2 aliphatic rings. The summed E-state index contributed by atoms with van der Waals surface area (Å²) in [7, 11) is -3.20. The summed E-state index contributed by atoms with van der Waals surface area (Å²) in [5.41, 5.74) is 5.65. The third-order valence-electron chi connectivity index (χ3n) is 3.49. The molecule has 0 bridgehead atoms. The summed E-state index contributed by atoms with van der Waals surface area (Å²) in [6.45, 7) is 1.74. The van der Waals surface area contributed by atoms with Crippen molar-refractivity contribution in [1.29, 1.82) is 0 Å². The first kappa shape index (κ1) is 12.3. The van der Waals surface area contributed by atoms with Crippen molar-refractivity contribution in [3.05, 3.63) is 0 Å². The summed E-state index contributed by atoms with van der Waals surface area (Å²) in [4.78, 5) is 0. The lowest BCUT2D eigenvalue weighted by Gasteiger charge is -2.15. The van der Waals surface area contributed by atoms with E-state index in [9.17, 15) is 8.42 Å². The molecule has 0 aromatic rings.